The van der Waals surface area contributed by atoms with Crippen LogP contribution in [0.1, 0.15) is 51.5 Å². The van der Waals surface area contributed by atoms with Crippen LogP contribution in [0, 0.1) is 5.41 Å². The van der Waals surface area contributed by atoms with E-state index in [0.717, 1.165) is 13.0 Å². The zero-order valence-corrected chi connectivity index (χ0v) is 11.2. The summed E-state index contributed by atoms with van der Waals surface area (Å²) in [5, 5.41) is 0. The van der Waals surface area contributed by atoms with Gasteiger partial charge in [0.1, 0.15) is 0 Å². The third kappa shape index (κ3) is 2.13. The van der Waals surface area contributed by atoms with Gasteiger partial charge in [-0.25, -0.2) is 0 Å². The summed E-state index contributed by atoms with van der Waals surface area (Å²) in [6, 6.07) is 11.1. The highest BCUT2D eigenvalue weighted by atomic mass is 14.6. The Kier molecular flexibility index (Phi) is 3.58. The van der Waals surface area contributed by atoms with E-state index in [1.54, 1.807) is 0 Å². The fourth-order valence-corrected chi connectivity index (χ4v) is 3.69. The maximum absolute atomic E-state index is 5.82. The number of nitrogens with two attached hydrogens (primary N) is 1. The third-order valence-corrected chi connectivity index (χ3v) is 4.85. The summed E-state index contributed by atoms with van der Waals surface area (Å²) in [7, 11) is 0. The van der Waals surface area contributed by atoms with Crippen LogP contribution in [0.4, 0.5) is 0 Å². The molecule has 1 aliphatic carbocycles. The molecule has 94 valence electrons. The average molecular weight is 231 g/mol. The van der Waals surface area contributed by atoms with E-state index in [1.165, 1.54) is 31.2 Å². The van der Waals surface area contributed by atoms with Crippen LogP contribution in [0.3, 0.4) is 0 Å². The van der Waals surface area contributed by atoms with Crippen LogP contribution in [0.5, 0.6) is 0 Å². The predicted octanol–water partition coefficient (Wildman–Crippen LogP) is 3.87. The molecule has 2 N–H and O–H groups in total. The van der Waals surface area contributed by atoms with Crippen LogP contribution < -0.4 is 5.73 Å². The van der Waals surface area contributed by atoms with Crippen molar-refractivity contribution in [3.8, 4) is 0 Å². The Balaban J connectivity index is 2.40. The smallest absolute Gasteiger partial charge is 0.000458 e. The summed E-state index contributed by atoms with van der Waals surface area (Å²) in [6.07, 6.45) is 6.49. The molecule has 0 atom stereocenters. The van der Waals surface area contributed by atoms with E-state index in [1.807, 2.05) is 0 Å². The van der Waals surface area contributed by atoms with Gasteiger partial charge >= 0.3 is 0 Å². The van der Waals surface area contributed by atoms with E-state index in [4.69, 9.17) is 5.73 Å². The second-order valence-electron chi connectivity index (χ2n) is 6.08. The molecule has 0 aromatic heterocycles. The first-order chi connectivity index (χ1) is 8.12. The summed E-state index contributed by atoms with van der Waals surface area (Å²) in [5.74, 6) is 0. The summed E-state index contributed by atoms with van der Waals surface area (Å²) >= 11 is 0. The van der Waals surface area contributed by atoms with E-state index in [9.17, 15) is 0 Å². The van der Waals surface area contributed by atoms with Crippen LogP contribution in [0.15, 0.2) is 30.3 Å². The first-order valence-electron chi connectivity index (χ1n) is 6.88. The molecule has 0 radical (unpaired) electrons. The lowest BCUT2D eigenvalue weighted by molar-refractivity contribution is 0.152. The van der Waals surface area contributed by atoms with Crippen LogP contribution >= 0.6 is 0 Å². The molecule has 1 aromatic carbocycles. The highest BCUT2D eigenvalue weighted by Crippen LogP contribution is 2.54. The van der Waals surface area contributed by atoms with Crippen LogP contribution in [0.2, 0.25) is 0 Å². The Morgan fingerprint density at radius 3 is 2.24 bits per heavy atom. The van der Waals surface area contributed by atoms with Crippen molar-refractivity contribution in [2.75, 3.05) is 6.54 Å². The van der Waals surface area contributed by atoms with Crippen molar-refractivity contribution in [3.63, 3.8) is 0 Å². The Labute approximate surface area is 105 Å². The quantitative estimate of drug-likeness (QED) is 0.836. The molecule has 0 spiro atoms. The summed E-state index contributed by atoms with van der Waals surface area (Å²) < 4.78 is 0. The molecular formula is C16H25N. The van der Waals surface area contributed by atoms with Crippen molar-refractivity contribution in [2.24, 2.45) is 11.1 Å². The molecule has 1 nitrogen and oxygen atoms in total. The van der Waals surface area contributed by atoms with E-state index >= 15 is 0 Å². The van der Waals surface area contributed by atoms with Crippen molar-refractivity contribution in [1.29, 1.82) is 0 Å². The van der Waals surface area contributed by atoms with Gasteiger partial charge in [0.25, 0.3) is 0 Å². The molecule has 1 fully saturated rings. The minimum absolute atomic E-state index is 0.305. The molecule has 1 heteroatoms. The number of hydrogen-bond donors (Lipinski definition) is 1. The number of hydrogen-bond acceptors (Lipinski definition) is 1. The van der Waals surface area contributed by atoms with Crippen LogP contribution in [-0.4, -0.2) is 6.54 Å². The molecule has 0 bridgehead atoms. The van der Waals surface area contributed by atoms with Gasteiger partial charge in [-0.2, -0.15) is 0 Å². The normalized spacial score (nSPS) is 19.5. The van der Waals surface area contributed by atoms with Crippen molar-refractivity contribution >= 4 is 0 Å². The van der Waals surface area contributed by atoms with Gasteiger partial charge in [-0.1, -0.05) is 57.0 Å². The second-order valence-corrected chi connectivity index (χ2v) is 6.08. The van der Waals surface area contributed by atoms with Gasteiger partial charge in [-0.3, -0.25) is 0 Å². The molecule has 1 aliphatic rings. The summed E-state index contributed by atoms with van der Waals surface area (Å²) in [5.41, 5.74) is 8.00. The maximum Gasteiger partial charge on any atom is 0.000458 e. The van der Waals surface area contributed by atoms with E-state index < -0.39 is 0 Å². The lowest BCUT2D eigenvalue weighted by Gasteiger charge is -2.45. The van der Waals surface area contributed by atoms with Gasteiger partial charge < -0.3 is 5.73 Å². The average Bonchev–Trinajstić information content (AvgIpc) is 2.81. The lowest BCUT2D eigenvalue weighted by Crippen LogP contribution is -2.41. The molecule has 2 rings (SSSR count). The van der Waals surface area contributed by atoms with Crippen molar-refractivity contribution in [2.45, 2.75) is 51.4 Å². The predicted molar refractivity (Wildman–Crippen MR) is 74.0 cm³/mol. The molecule has 0 saturated heterocycles. The molecule has 17 heavy (non-hydrogen) atoms. The second kappa shape index (κ2) is 4.81. The molecular weight excluding hydrogens is 206 g/mol. The van der Waals surface area contributed by atoms with Gasteiger partial charge in [0.05, 0.1) is 0 Å². The van der Waals surface area contributed by atoms with Crippen LogP contribution in [0.25, 0.3) is 0 Å². The van der Waals surface area contributed by atoms with Gasteiger partial charge in [-0.05, 0) is 36.8 Å². The zero-order valence-electron chi connectivity index (χ0n) is 11.2. The van der Waals surface area contributed by atoms with Crippen molar-refractivity contribution < 1.29 is 0 Å². The molecule has 1 saturated carbocycles. The Morgan fingerprint density at radius 1 is 1.12 bits per heavy atom. The number of benzene rings is 1. The molecule has 0 aliphatic heterocycles. The topological polar surface area (TPSA) is 26.0 Å². The Hall–Kier alpha value is -0.820. The lowest BCUT2D eigenvalue weighted by atomic mass is 9.59. The first-order valence-corrected chi connectivity index (χ1v) is 6.88. The van der Waals surface area contributed by atoms with Crippen molar-refractivity contribution in [3.05, 3.63) is 35.9 Å². The first kappa shape index (κ1) is 12.6. The van der Waals surface area contributed by atoms with Gasteiger partial charge in [0, 0.05) is 5.41 Å². The molecule has 0 unspecified atom stereocenters. The molecule has 0 heterocycles. The van der Waals surface area contributed by atoms with Gasteiger partial charge in [0.15, 0.2) is 0 Å². The van der Waals surface area contributed by atoms with Gasteiger partial charge in [-0.15, -0.1) is 0 Å². The maximum atomic E-state index is 5.82. The standard InChI is InChI=1S/C16H25N/c1-15(2,12-13-17)16(10-6-7-11-16)14-8-4-3-5-9-14/h3-5,8-9H,6-7,10-13,17H2,1-2H3. The minimum atomic E-state index is 0.305. The minimum Gasteiger partial charge on any atom is -0.330 e. The highest BCUT2D eigenvalue weighted by Gasteiger charge is 2.47. The van der Waals surface area contributed by atoms with E-state index in [2.05, 4.69) is 44.2 Å². The summed E-state index contributed by atoms with van der Waals surface area (Å²) in [4.78, 5) is 0. The third-order valence-electron chi connectivity index (χ3n) is 4.85. The Morgan fingerprint density at radius 2 is 1.71 bits per heavy atom. The summed E-state index contributed by atoms with van der Waals surface area (Å²) in [6.45, 7) is 5.60. The highest BCUT2D eigenvalue weighted by molar-refractivity contribution is 5.29. The molecule has 1 aromatic rings. The van der Waals surface area contributed by atoms with Gasteiger partial charge in [0.2, 0.25) is 0 Å². The van der Waals surface area contributed by atoms with E-state index in [0.29, 0.717) is 10.8 Å². The molecule has 0 amide bonds. The van der Waals surface area contributed by atoms with Crippen molar-refractivity contribution in [1.82, 2.24) is 0 Å². The number of rotatable bonds is 4. The fourth-order valence-electron chi connectivity index (χ4n) is 3.69. The van der Waals surface area contributed by atoms with Crippen LogP contribution in [-0.2, 0) is 5.41 Å². The largest absolute Gasteiger partial charge is 0.330 e. The Bertz CT molecular complexity index is 347. The SMILES string of the molecule is CC(C)(CCN)C1(c2ccccc2)CCCC1. The fraction of sp³-hybridized carbons (Fsp3) is 0.625. The monoisotopic (exact) mass is 231 g/mol. The zero-order chi connectivity index (χ0) is 12.4. The van der Waals surface area contributed by atoms with E-state index in [-0.39, 0.29) is 0 Å².